The second-order valence-electron chi connectivity index (χ2n) is 4.48. The Labute approximate surface area is 134 Å². The standard InChI is InChI=1S/C16H22N2.2ClH/c1-3-18(4-2)13-12-17-16-11-7-9-14-8-5-6-10-15(14)16;;/h5-11,17H,3-4,12-13H2,1-2H3;2*1H. The summed E-state index contributed by atoms with van der Waals surface area (Å²) in [7, 11) is 0. The van der Waals surface area contributed by atoms with Crippen LogP contribution in [0.15, 0.2) is 42.5 Å². The minimum atomic E-state index is 0. The lowest BCUT2D eigenvalue weighted by molar-refractivity contribution is 0.316. The van der Waals surface area contributed by atoms with Gasteiger partial charge < -0.3 is 10.2 Å². The first kappa shape index (κ1) is 19.0. The molecule has 0 spiro atoms. The number of anilines is 1. The maximum Gasteiger partial charge on any atom is 0.0420 e. The number of hydrogen-bond acceptors (Lipinski definition) is 2. The lowest BCUT2D eigenvalue weighted by Gasteiger charge is -2.19. The average Bonchev–Trinajstić information content (AvgIpc) is 2.44. The molecular weight excluding hydrogens is 291 g/mol. The SMILES string of the molecule is CCN(CC)CCNc1cccc2ccccc12.Cl.Cl. The summed E-state index contributed by atoms with van der Waals surface area (Å²) in [6.45, 7) is 8.75. The van der Waals surface area contributed by atoms with Crippen molar-refractivity contribution in [3.63, 3.8) is 0 Å². The summed E-state index contributed by atoms with van der Waals surface area (Å²) in [5, 5.41) is 6.15. The molecule has 2 nitrogen and oxygen atoms in total. The van der Waals surface area contributed by atoms with E-state index in [-0.39, 0.29) is 24.8 Å². The third-order valence-corrected chi connectivity index (χ3v) is 3.43. The summed E-state index contributed by atoms with van der Waals surface area (Å²) in [6, 6.07) is 14.9. The number of nitrogens with one attached hydrogen (secondary N) is 1. The van der Waals surface area contributed by atoms with Gasteiger partial charge in [0.25, 0.3) is 0 Å². The van der Waals surface area contributed by atoms with E-state index >= 15 is 0 Å². The summed E-state index contributed by atoms with van der Waals surface area (Å²) in [5.41, 5.74) is 1.24. The normalized spacial score (nSPS) is 9.95. The largest absolute Gasteiger partial charge is 0.383 e. The van der Waals surface area contributed by atoms with Crippen molar-refractivity contribution in [1.82, 2.24) is 4.90 Å². The van der Waals surface area contributed by atoms with Crippen LogP contribution < -0.4 is 5.32 Å². The molecule has 0 heterocycles. The molecule has 0 saturated heterocycles. The van der Waals surface area contributed by atoms with Crippen molar-refractivity contribution < 1.29 is 0 Å². The van der Waals surface area contributed by atoms with Crippen LogP contribution in [0.25, 0.3) is 10.8 Å². The van der Waals surface area contributed by atoms with Gasteiger partial charge in [-0.05, 0) is 24.5 Å². The van der Waals surface area contributed by atoms with E-state index in [0.29, 0.717) is 0 Å². The van der Waals surface area contributed by atoms with Crippen LogP contribution in [0.4, 0.5) is 5.69 Å². The van der Waals surface area contributed by atoms with Crippen LogP contribution in [-0.2, 0) is 0 Å². The zero-order chi connectivity index (χ0) is 12.8. The van der Waals surface area contributed by atoms with Crippen LogP contribution >= 0.6 is 24.8 Å². The predicted molar refractivity (Wildman–Crippen MR) is 94.7 cm³/mol. The Balaban J connectivity index is 0.00000180. The lowest BCUT2D eigenvalue weighted by Crippen LogP contribution is -2.28. The molecule has 0 aliphatic rings. The van der Waals surface area contributed by atoms with Crippen LogP contribution in [0.1, 0.15) is 13.8 Å². The molecule has 0 fully saturated rings. The number of likely N-dealkylation sites (N-methyl/N-ethyl adjacent to an activating group) is 1. The van der Waals surface area contributed by atoms with E-state index in [1.54, 1.807) is 0 Å². The van der Waals surface area contributed by atoms with Gasteiger partial charge in [-0.3, -0.25) is 0 Å². The molecule has 0 unspecified atom stereocenters. The molecule has 4 heteroatoms. The molecule has 0 aromatic heterocycles. The molecule has 2 aromatic rings. The second kappa shape index (κ2) is 9.87. The Morgan fingerprint density at radius 3 is 2.25 bits per heavy atom. The number of rotatable bonds is 6. The summed E-state index contributed by atoms with van der Waals surface area (Å²) in [6.07, 6.45) is 0. The van der Waals surface area contributed by atoms with Crippen LogP contribution in [0.5, 0.6) is 0 Å². The Kier molecular flexibility index (Phi) is 9.39. The van der Waals surface area contributed by atoms with E-state index in [0.717, 1.165) is 26.2 Å². The monoisotopic (exact) mass is 314 g/mol. The zero-order valence-electron chi connectivity index (χ0n) is 12.1. The second-order valence-corrected chi connectivity index (χ2v) is 4.48. The van der Waals surface area contributed by atoms with Gasteiger partial charge >= 0.3 is 0 Å². The Morgan fingerprint density at radius 1 is 0.900 bits per heavy atom. The Bertz CT molecular complexity index is 493. The van der Waals surface area contributed by atoms with Gasteiger partial charge in [0, 0.05) is 24.2 Å². The number of benzene rings is 2. The number of fused-ring (bicyclic) bond motifs is 1. The predicted octanol–water partition coefficient (Wildman–Crippen LogP) is 4.44. The molecule has 0 bridgehead atoms. The highest BCUT2D eigenvalue weighted by atomic mass is 35.5. The van der Waals surface area contributed by atoms with Crippen LogP contribution in [0, 0.1) is 0 Å². The lowest BCUT2D eigenvalue weighted by atomic mass is 10.1. The molecule has 0 aliphatic carbocycles. The molecule has 2 aromatic carbocycles. The van der Waals surface area contributed by atoms with Gasteiger partial charge in [-0.2, -0.15) is 0 Å². The molecule has 0 radical (unpaired) electrons. The van der Waals surface area contributed by atoms with Crippen molar-refractivity contribution in [2.75, 3.05) is 31.5 Å². The molecular formula is C16H24Cl2N2. The van der Waals surface area contributed by atoms with Crippen molar-refractivity contribution in [2.24, 2.45) is 0 Å². The third-order valence-electron chi connectivity index (χ3n) is 3.43. The number of nitrogens with zero attached hydrogens (tertiary/aromatic N) is 1. The quantitative estimate of drug-likeness (QED) is 0.848. The molecule has 0 amide bonds. The number of hydrogen-bond donors (Lipinski definition) is 1. The fourth-order valence-corrected chi connectivity index (χ4v) is 2.27. The fourth-order valence-electron chi connectivity index (χ4n) is 2.27. The Hall–Kier alpha value is -0.960. The first-order valence-electron chi connectivity index (χ1n) is 6.79. The van der Waals surface area contributed by atoms with Gasteiger partial charge in [-0.25, -0.2) is 0 Å². The molecule has 112 valence electrons. The summed E-state index contributed by atoms with van der Waals surface area (Å²) < 4.78 is 0. The van der Waals surface area contributed by atoms with E-state index in [1.807, 2.05) is 0 Å². The molecule has 2 rings (SSSR count). The number of halogens is 2. The molecule has 0 atom stereocenters. The van der Waals surface area contributed by atoms with Gasteiger partial charge in [0.2, 0.25) is 0 Å². The van der Waals surface area contributed by atoms with Gasteiger partial charge in [0.05, 0.1) is 0 Å². The summed E-state index contributed by atoms with van der Waals surface area (Å²) in [4.78, 5) is 2.43. The zero-order valence-corrected chi connectivity index (χ0v) is 13.8. The van der Waals surface area contributed by atoms with Gasteiger partial charge in [0.15, 0.2) is 0 Å². The van der Waals surface area contributed by atoms with Gasteiger partial charge in [-0.1, -0.05) is 50.2 Å². The van der Waals surface area contributed by atoms with Crippen LogP contribution in [0.3, 0.4) is 0 Å². The molecule has 1 N–H and O–H groups in total. The highest BCUT2D eigenvalue weighted by Crippen LogP contribution is 2.22. The highest BCUT2D eigenvalue weighted by Gasteiger charge is 2.01. The molecule has 0 saturated carbocycles. The molecule has 0 aliphatic heterocycles. The maximum atomic E-state index is 3.55. The van der Waals surface area contributed by atoms with Gasteiger partial charge in [0.1, 0.15) is 0 Å². The van der Waals surface area contributed by atoms with Crippen molar-refractivity contribution in [2.45, 2.75) is 13.8 Å². The van der Waals surface area contributed by atoms with Crippen LogP contribution in [0.2, 0.25) is 0 Å². The Morgan fingerprint density at radius 2 is 1.55 bits per heavy atom. The van der Waals surface area contributed by atoms with Crippen molar-refractivity contribution in [3.8, 4) is 0 Å². The van der Waals surface area contributed by atoms with E-state index in [2.05, 4.69) is 66.5 Å². The average molecular weight is 315 g/mol. The van der Waals surface area contributed by atoms with E-state index < -0.39 is 0 Å². The topological polar surface area (TPSA) is 15.3 Å². The highest BCUT2D eigenvalue weighted by molar-refractivity contribution is 5.93. The minimum Gasteiger partial charge on any atom is -0.383 e. The van der Waals surface area contributed by atoms with Crippen molar-refractivity contribution in [1.29, 1.82) is 0 Å². The van der Waals surface area contributed by atoms with Crippen LogP contribution in [-0.4, -0.2) is 31.1 Å². The summed E-state index contributed by atoms with van der Waals surface area (Å²) >= 11 is 0. The molecule has 20 heavy (non-hydrogen) atoms. The van der Waals surface area contributed by atoms with Crippen molar-refractivity contribution in [3.05, 3.63) is 42.5 Å². The first-order chi connectivity index (χ1) is 8.85. The fraction of sp³-hybridized carbons (Fsp3) is 0.375. The minimum absolute atomic E-state index is 0. The van der Waals surface area contributed by atoms with E-state index in [1.165, 1.54) is 16.5 Å². The maximum absolute atomic E-state index is 3.55. The van der Waals surface area contributed by atoms with E-state index in [4.69, 9.17) is 0 Å². The first-order valence-corrected chi connectivity index (χ1v) is 6.79. The third kappa shape index (κ3) is 4.86. The summed E-state index contributed by atoms with van der Waals surface area (Å²) in [5.74, 6) is 0. The smallest absolute Gasteiger partial charge is 0.0420 e. The van der Waals surface area contributed by atoms with Gasteiger partial charge in [-0.15, -0.1) is 24.8 Å². The van der Waals surface area contributed by atoms with E-state index in [9.17, 15) is 0 Å². The van der Waals surface area contributed by atoms with Crippen molar-refractivity contribution >= 4 is 41.3 Å².